The number of phenols is 1. The van der Waals surface area contributed by atoms with Crippen molar-refractivity contribution in [3.63, 3.8) is 0 Å². The molecular formula is C12H12O3. The van der Waals surface area contributed by atoms with E-state index in [1.54, 1.807) is 6.07 Å². The maximum absolute atomic E-state index is 11.5. The van der Waals surface area contributed by atoms with Crippen LogP contribution in [-0.4, -0.2) is 18.2 Å². The van der Waals surface area contributed by atoms with Crippen molar-refractivity contribution in [1.82, 2.24) is 0 Å². The smallest absolute Gasteiger partial charge is 0.342 e. The Kier molecular flexibility index (Phi) is 2.46. The quantitative estimate of drug-likeness (QED) is 0.713. The number of ether oxygens (including phenoxy) is 1. The second-order valence-corrected chi connectivity index (χ2v) is 3.47. The molecule has 15 heavy (non-hydrogen) atoms. The third-order valence-electron chi connectivity index (χ3n) is 2.57. The molecule has 0 fully saturated rings. The van der Waals surface area contributed by atoms with Crippen LogP contribution in [0.2, 0.25) is 0 Å². The minimum Gasteiger partial charge on any atom is -0.507 e. The Morgan fingerprint density at radius 1 is 1.47 bits per heavy atom. The van der Waals surface area contributed by atoms with Gasteiger partial charge in [-0.1, -0.05) is 18.2 Å². The first-order valence-corrected chi connectivity index (χ1v) is 4.83. The summed E-state index contributed by atoms with van der Waals surface area (Å²) >= 11 is 0. The molecule has 1 aromatic rings. The molecule has 0 saturated carbocycles. The average molecular weight is 204 g/mol. The van der Waals surface area contributed by atoms with E-state index in [4.69, 9.17) is 0 Å². The summed E-state index contributed by atoms with van der Waals surface area (Å²) in [7, 11) is 1.31. The van der Waals surface area contributed by atoms with E-state index in [-0.39, 0.29) is 11.3 Å². The van der Waals surface area contributed by atoms with Crippen LogP contribution in [-0.2, 0) is 11.2 Å². The van der Waals surface area contributed by atoms with Gasteiger partial charge in [-0.3, -0.25) is 0 Å². The Bertz CT molecular complexity index is 433. The van der Waals surface area contributed by atoms with Gasteiger partial charge in [-0.25, -0.2) is 4.79 Å². The van der Waals surface area contributed by atoms with Gasteiger partial charge in [0.15, 0.2) is 0 Å². The zero-order valence-electron chi connectivity index (χ0n) is 8.49. The van der Waals surface area contributed by atoms with E-state index in [1.807, 2.05) is 18.2 Å². The lowest BCUT2D eigenvalue weighted by Crippen LogP contribution is -2.07. The third kappa shape index (κ3) is 1.61. The van der Waals surface area contributed by atoms with Gasteiger partial charge >= 0.3 is 5.97 Å². The molecule has 0 heterocycles. The highest BCUT2D eigenvalue weighted by Crippen LogP contribution is 2.29. The third-order valence-corrected chi connectivity index (χ3v) is 2.57. The lowest BCUT2D eigenvalue weighted by atomic mass is 9.92. The molecular weight excluding hydrogens is 192 g/mol. The van der Waals surface area contributed by atoms with E-state index in [2.05, 4.69) is 4.74 Å². The van der Waals surface area contributed by atoms with E-state index in [0.29, 0.717) is 0 Å². The fourth-order valence-electron chi connectivity index (χ4n) is 1.82. The number of allylic oxidation sites excluding steroid dienone is 1. The van der Waals surface area contributed by atoms with Gasteiger partial charge in [0.2, 0.25) is 0 Å². The number of carbonyl (C=O) groups excluding carboxylic acids is 1. The summed E-state index contributed by atoms with van der Waals surface area (Å²) in [6.07, 6.45) is 5.73. The van der Waals surface area contributed by atoms with Crippen LogP contribution >= 0.6 is 0 Å². The SMILES string of the molecule is COC(=O)c1c(O)ccc2c1C=CCC2. The fourth-order valence-corrected chi connectivity index (χ4v) is 1.82. The van der Waals surface area contributed by atoms with Gasteiger partial charge in [0, 0.05) is 0 Å². The largest absolute Gasteiger partial charge is 0.507 e. The van der Waals surface area contributed by atoms with Crippen molar-refractivity contribution in [2.45, 2.75) is 12.8 Å². The molecule has 0 spiro atoms. The van der Waals surface area contributed by atoms with Crippen LogP contribution < -0.4 is 0 Å². The predicted molar refractivity (Wildman–Crippen MR) is 56.8 cm³/mol. The molecule has 1 aliphatic carbocycles. The number of methoxy groups -OCH3 is 1. The Morgan fingerprint density at radius 2 is 2.27 bits per heavy atom. The van der Waals surface area contributed by atoms with Crippen molar-refractivity contribution >= 4 is 12.0 Å². The van der Waals surface area contributed by atoms with E-state index in [9.17, 15) is 9.90 Å². The molecule has 3 heteroatoms. The predicted octanol–water partition coefficient (Wildman–Crippen LogP) is 2.14. The second kappa shape index (κ2) is 3.77. The summed E-state index contributed by atoms with van der Waals surface area (Å²) < 4.78 is 4.65. The molecule has 1 N–H and O–H groups in total. The maximum atomic E-state index is 11.5. The molecule has 1 aromatic carbocycles. The molecule has 0 saturated heterocycles. The Balaban J connectivity index is 2.62. The average Bonchev–Trinajstić information content (AvgIpc) is 2.28. The number of rotatable bonds is 1. The summed E-state index contributed by atoms with van der Waals surface area (Å²) in [5, 5.41) is 9.63. The highest BCUT2D eigenvalue weighted by Gasteiger charge is 2.19. The highest BCUT2D eigenvalue weighted by atomic mass is 16.5. The van der Waals surface area contributed by atoms with Gasteiger partial charge in [-0.15, -0.1) is 0 Å². The topological polar surface area (TPSA) is 46.5 Å². The first-order chi connectivity index (χ1) is 7.24. The first kappa shape index (κ1) is 9.77. The van der Waals surface area contributed by atoms with Crippen LogP contribution in [0.25, 0.3) is 6.08 Å². The van der Waals surface area contributed by atoms with Gasteiger partial charge in [-0.05, 0) is 30.0 Å². The normalized spacial score (nSPS) is 13.4. The summed E-state index contributed by atoms with van der Waals surface area (Å²) in [6, 6.07) is 3.39. The van der Waals surface area contributed by atoms with Gasteiger partial charge in [0.25, 0.3) is 0 Å². The first-order valence-electron chi connectivity index (χ1n) is 4.83. The lowest BCUT2D eigenvalue weighted by Gasteiger charge is -2.14. The number of hydrogen-bond donors (Lipinski definition) is 1. The highest BCUT2D eigenvalue weighted by molar-refractivity contribution is 5.97. The molecule has 78 valence electrons. The van der Waals surface area contributed by atoms with Gasteiger partial charge in [0.1, 0.15) is 11.3 Å². The number of benzene rings is 1. The van der Waals surface area contributed by atoms with Crippen LogP contribution in [0.3, 0.4) is 0 Å². The molecule has 0 aromatic heterocycles. The second-order valence-electron chi connectivity index (χ2n) is 3.47. The Hall–Kier alpha value is -1.77. The van der Waals surface area contributed by atoms with E-state index in [1.165, 1.54) is 7.11 Å². The van der Waals surface area contributed by atoms with Crippen LogP contribution in [0, 0.1) is 0 Å². The van der Waals surface area contributed by atoms with Crippen molar-refractivity contribution in [1.29, 1.82) is 0 Å². The Morgan fingerprint density at radius 3 is 3.00 bits per heavy atom. The van der Waals surface area contributed by atoms with Crippen molar-refractivity contribution in [2.24, 2.45) is 0 Å². The van der Waals surface area contributed by atoms with Gasteiger partial charge < -0.3 is 9.84 Å². The van der Waals surface area contributed by atoms with E-state index < -0.39 is 5.97 Å². The minimum absolute atomic E-state index is 0.0212. The van der Waals surface area contributed by atoms with E-state index >= 15 is 0 Å². The molecule has 1 aliphatic rings. The van der Waals surface area contributed by atoms with Crippen molar-refractivity contribution in [3.8, 4) is 5.75 Å². The summed E-state index contributed by atoms with van der Waals surface area (Å²) in [6.45, 7) is 0. The summed E-state index contributed by atoms with van der Waals surface area (Å²) in [4.78, 5) is 11.5. The molecule has 0 amide bonds. The molecule has 0 radical (unpaired) electrons. The standard InChI is InChI=1S/C12H12O3/c1-15-12(14)11-9-5-3-2-4-8(9)6-7-10(11)13/h3,5-7,13H,2,4H2,1H3. The number of fused-ring (bicyclic) bond motifs is 1. The zero-order chi connectivity index (χ0) is 10.8. The van der Waals surface area contributed by atoms with Crippen LogP contribution in [0.4, 0.5) is 0 Å². The summed E-state index contributed by atoms with van der Waals surface area (Å²) in [5.41, 5.74) is 2.13. The van der Waals surface area contributed by atoms with Crippen LogP contribution in [0.15, 0.2) is 18.2 Å². The number of hydrogen-bond acceptors (Lipinski definition) is 3. The number of phenolic OH excluding ortho intramolecular Hbond substituents is 1. The minimum atomic E-state index is -0.490. The number of esters is 1. The van der Waals surface area contributed by atoms with E-state index in [0.717, 1.165) is 24.0 Å². The fraction of sp³-hybridized carbons (Fsp3) is 0.250. The molecule has 2 rings (SSSR count). The van der Waals surface area contributed by atoms with Crippen molar-refractivity contribution in [3.05, 3.63) is 34.9 Å². The lowest BCUT2D eigenvalue weighted by molar-refractivity contribution is 0.0597. The molecule has 0 unspecified atom stereocenters. The Labute approximate surface area is 88.0 Å². The molecule has 0 bridgehead atoms. The van der Waals surface area contributed by atoms with Gasteiger partial charge in [0.05, 0.1) is 7.11 Å². The van der Waals surface area contributed by atoms with Crippen molar-refractivity contribution in [2.75, 3.05) is 7.11 Å². The molecule has 0 atom stereocenters. The van der Waals surface area contributed by atoms with Crippen LogP contribution in [0.5, 0.6) is 5.75 Å². The molecule has 0 aliphatic heterocycles. The number of carbonyl (C=O) groups is 1. The number of aryl methyl sites for hydroxylation is 1. The summed E-state index contributed by atoms with van der Waals surface area (Å²) in [5.74, 6) is -0.511. The zero-order valence-corrected chi connectivity index (χ0v) is 8.49. The van der Waals surface area contributed by atoms with Gasteiger partial charge in [-0.2, -0.15) is 0 Å². The van der Waals surface area contributed by atoms with Crippen LogP contribution in [0.1, 0.15) is 27.9 Å². The molecule has 3 nitrogen and oxygen atoms in total. The van der Waals surface area contributed by atoms with Crippen molar-refractivity contribution < 1.29 is 14.6 Å². The monoisotopic (exact) mass is 204 g/mol. The maximum Gasteiger partial charge on any atom is 0.342 e. The number of aromatic hydroxyl groups is 1.